The molecule has 1 aromatic carbocycles. The van der Waals surface area contributed by atoms with Crippen molar-refractivity contribution in [3.8, 4) is 0 Å². The van der Waals surface area contributed by atoms with E-state index in [1.54, 1.807) is 19.1 Å². The lowest BCUT2D eigenvalue weighted by atomic mass is 10.1. The van der Waals surface area contributed by atoms with Crippen molar-refractivity contribution in [2.24, 2.45) is 0 Å². The number of rotatable bonds is 5. The summed E-state index contributed by atoms with van der Waals surface area (Å²) in [6, 6.07) is 7.17. The van der Waals surface area contributed by atoms with Gasteiger partial charge in [-0.15, -0.1) is 0 Å². The van der Waals surface area contributed by atoms with Crippen LogP contribution in [0.15, 0.2) is 36.0 Å². The predicted molar refractivity (Wildman–Crippen MR) is 69.3 cm³/mol. The number of carbonyl (C=O) groups is 2. The molecule has 96 valence electrons. The van der Waals surface area contributed by atoms with Crippen LogP contribution in [0.1, 0.15) is 36.2 Å². The molecule has 0 unspecified atom stereocenters. The minimum atomic E-state index is -1.14. The number of hydrogen-bond donors (Lipinski definition) is 2. The monoisotopic (exact) mass is 247 g/mol. The number of amides is 1. The van der Waals surface area contributed by atoms with Crippen LogP contribution in [0.4, 0.5) is 0 Å². The molecule has 1 aromatic rings. The quantitative estimate of drug-likeness (QED) is 0.785. The summed E-state index contributed by atoms with van der Waals surface area (Å²) >= 11 is 0. The number of benzene rings is 1. The first kappa shape index (κ1) is 14.0. The van der Waals surface area contributed by atoms with Gasteiger partial charge in [0.2, 0.25) is 0 Å². The lowest BCUT2D eigenvalue weighted by molar-refractivity contribution is -0.133. The normalized spacial score (nSPS) is 11.1. The highest BCUT2D eigenvalue weighted by Crippen LogP contribution is 2.07. The van der Waals surface area contributed by atoms with Crippen LogP contribution in [-0.4, -0.2) is 17.0 Å². The first-order valence-corrected chi connectivity index (χ1v) is 5.88. The van der Waals surface area contributed by atoms with Crippen LogP contribution in [0.3, 0.4) is 0 Å². The van der Waals surface area contributed by atoms with Crippen molar-refractivity contribution >= 4 is 11.9 Å². The summed E-state index contributed by atoms with van der Waals surface area (Å²) in [6.07, 6.45) is 3.37. The molecule has 0 radical (unpaired) electrons. The Kier molecular flexibility index (Phi) is 5.11. The molecule has 0 saturated heterocycles. The summed E-state index contributed by atoms with van der Waals surface area (Å²) in [7, 11) is 0. The molecule has 0 heterocycles. The maximum absolute atomic E-state index is 11.8. The Labute approximate surface area is 106 Å². The molecule has 4 nitrogen and oxygen atoms in total. The topological polar surface area (TPSA) is 66.4 Å². The van der Waals surface area contributed by atoms with Gasteiger partial charge in [-0.1, -0.05) is 31.6 Å². The second-order valence-electron chi connectivity index (χ2n) is 3.91. The number of carbonyl (C=O) groups excluding carboxylic acids is 1. The molecule has 0 fully saturated rings. The number of allylic oxidation sites excluding steroid dienone is 1. The number of aliphatic carboxylic acids is 1. The minimum Gasteiger partial charge on any atom is -0.477 e. The summed E-state index contributed by atoms with van der Waals surface area (Å²) in [4.78, 5) is 22.5. The number of hydrogen-bond acceptors (Lipinski definition) is 2. The van der Waals surface area contributed by atoms with Crippen LogP contribution in [0.25, 0.3) is 0 Å². The second-order valence-corrected chi connectivity index (χ2v) is 3.91. The Balaban J connectivity index is 2.75. The molecule has 0 aliphatic heterocycles. The average Bonchev–Trinajstić information content (AvgIpc) is 2.36. The first-order valence-electron chi connectivity index (χ1n) is 5.88. The van der Waals surface area contributed by atoms with Crippen LogP contribution >= 0.6 is 0 Å². The van der Waals surface area contributed by atoms with Gasteiger partial charge in [0.1, 0.15) is 5.70 Å². The van der Waals surface area contributed by atoms with E-state index in [4.69, 9.17) is 5.11 Å². The zero-order valence-corrected chi connectivity index (χ0v) is 10.6. The molecule has 1 amide bonds. The molecule has 4 heteroatoms. The van der Waals surface area contributed by atoms with Crippen LogP contribution in [0, 0.1) is 0 Å². The highest BCUT2D eigenvalue weighted by atomic mass is 16.4. The van der Waals surface area contributed by atoms with Crippen molar-refractivity contribution in [1.82, 2.24) is 5.32 Å². The van der Waals surface area contributed by atoms with E-state index in [0.717, 1.165) is 12.8 Å². The van der Waals surface area contributed by atoms with Gasteiger partial charge in [-0.05, 0) is 31.0 Å². The smallest absolute Gasteiger partial charge is 0.352 e. The van der Waals surface area contributed by atoms with E-state index >= 15 is 0 Å². The van der Waals surface area contributed by atoms with Crippen molar-refractivity contribution in [2.75, 3.05) is 0 Å². The fraction of sp³-hybridized carbons (Fsp3) is 0.286. The lowest BCUT2D eigenvalue weighted by Crippen LogP contribution is -2.27. The average molecular weight is 247 g/mol. The summed E-state index contributed by atoms with van der Waals surface area (Å²) in [5.41, 5.74) is 1.51. The van der Waals surface area contributed by atoms with Crippen LogP contribution in [0.2, 0.25) is 0 Å². The van der Waals surface area contributed by atoms with Crippen LogP contribution < -0.4 is 5.32 Å². The van der Waals surface area contributed by atoms with E-state index in [1.165, 1.54) is 11.6 Å². The van der Waals surface area contributed by atoms with Crippen LogP contribution in [-0.2, 0) is 11.2 Å². The third kappa shape index (κ3) is 3.73. The van der Waals surface area contributed by atoms with Gasteiger partial charge in [0, 0.05) is 5.56 Å². The molecule has 0 atom stereocenters. The summed E-state index contributed by atoms with van der Waals surface area (Å²) in [6.45, 7) is 3.65. The second kappa shape index (κ2) is 6.59. The van der Waals surface area contributed by atoms with Crippen molar-refractivity contribution < 1.29 is 14.7 Å². The van der Waals surface area contributed by atoms with Gasteiger partial charge in [0.25, 0.3) is 5.91 Å². The molecule has 0 saturated carbocycles. The Bertz CT molecular complexity index is 460. The van der Waals surface area contributed by atoms with E-state index in [-0.39, 0.29) is 5.70 Å². The molecule has 0 aliphatic carbocycles. The Morgan fingerprint density at radius 1 is 1.28 bits per heavy atom. The van der Waals surface area contributed by atoms with E-state index in [1.807, 2.05) is 12.1 Å². The van der Waals surface area contributed by atoms with Crippen molar-refractivity contribution in [3.63, 3.8) is 0 Å². The predicted octanol–water partition coefficient (Wildman–Crippen LogP) is 2.36. The molecule has 1 rings (SSSR count). The Hall–Kier alpha value is -2.10. The third-order valence-electron chi connectivity index (χ3n) is 2.52. The largest absolute Gasteiger partial charge is 0.477 e. The molecule has 0 spiro atoms. The van der Waals surface area contributed by atoms with Crippen molar-refractivity contribution in [3.05, 3.63) is 47.2 Å². The van der Waals surface area contributed by atoms with E-state index < -0.39 is 11.9 Å². The standard InChI is InChI=1S/C14H17NO3/c1-3-5-10-6-8-11(9-7-10)13(16)15-12(4-2)14(17)18/h4,6-9H,3,5H2,1-2H3,(H,15,16)(H,17,18)/b12-4+. The van der Waals surface area contributed by atoms with Gasteiger partial charge in [-0.3, -0.25) is 4.79 Å². The SMILES string of the molecule is C/C=C(/NC(=O)c1ccc(CCC)cc1)C(=O)O. The van der Waals surface area contributed by atoms with E-state index in [0.29, 0.717) is 5.56 Å². The molecule has 18 heavy (non-hydrogen) atoms. The highest BCUT2D eigenvalue weighted by Gasteiger charge is 2.11. The maximum Gasteiger partial charge on any atom is 0.352 e. The fourth-order valence-corrected chi connectivity index (χ4v) is 1.56. The summed E-state index contributed by atoms with van der Waals surface area (Å²) in [5, 5.41) is 11.2. The Morgan fingerprint density at radius 2 is 1.89 bits per heavy atom. The van der Waals surface area contributed by atoms with E-state index in [2.05, 4.69) is 12.2 Å². The first-order chi connectivity index (χ1) is 8.58. The zero-order chi connectivity index (χ0) is 13.5. The van der Waals surface area contributed by atoms with Gasteiger partial charge in [0.05, 0.1) is 0 Å². The third-order valence-corrected chi connectivity index (χ3v) is 2.52. The summed E-state index contributed by atoms with van der Waals surface area (Å²) < 4.78 is 0. The number of carboxylic acids is 1. The van der Waals surface area contributed by atoms with Crippen LogP contribution in [0.5, 0.6) is 0 Å². The number of aryl methyl sites for hydroxylation is 1. The fourth-order valence-electron chi connectivity index (χ4n) is 1.56. The summed E-state index contributed by atoms with van der Waals surface area (Å²) in [5.74, 6) is -1.55. The lowest BCUT2D eigenvalue weighted by Gasteiger charge is -2.06. The minimum absolute atomic E-state index is 0.113. The van der Waals surface area contributed by atoms with Gasteiger partial charge in [-0.2, -0.15) is 0 Å². The molecular weight excluding hydrogens is 230 g/mol. The van der Waals surface area contributed by atoms with Gasteiger partial charge in [-0.25, -0.2) is 4.79 Å². The number of nitrogens with one attached hydrogen (secondary N) is 1. The molecule has 0 aromatic heterocycles. The zero-order valence-electron chi connectivity index (χ0n) is 10.6. The molecular formula is C14H17NO3. The van der Waals surface area contributed by atoms with Gasteiger partial charge >= 0.3 is 5.97 Å². The molecule has 0 bridgehead atoms. The van der Waals surface area contributed by atoms with Crippen molar-refractivity contribution in [1.29, 1.82) is 0 Å². The highest BCUT2D eigenvalue weighted by molar-refractivity contribution is 6.00. The molecule has 0 aliphatic rings. The molecule has 2 N–H and O–H groups in total. The number of carboxylic acid groups (broad SMARTS) is 1. The van der Waals surface area contributed by atoms with Crippen molar-refractivity contribution in [2.45, 2.75) is 26.7 Å². The van der Waals surface area contributed by atoms with Gasteiger partial charge < -0.3 is 10.4 Å². The van der Waals surface area contributed by atoms with E-state index in [9.17, 15) is 9.59 Å². The van der Waals surface area contributed by atoms with Gasteiger partial charge in [0.15, 0.2) is 0 Å². The maximum atomic E-state index is 11.8. The Morgan fingerprint density at radius 3 is 2.33 bits per heavy atom.